The van der Waals surface area contributed by atoms with E-state index < -0.39 is 0 Å². The van der Waals surface area contributed by atoms with Crippen molar-refractivity contribution < 1.29 is 23.8 Å². The maximum atomic E-state index is 12.4. The third-order valence-electron chi connectivity index (χ3n) is 6.15. The average Bonchev–Trinajstić information content (AvgIpc) is 2.97. The van der Waals surface area contributed by atoms with Crippen molar-refractivity contribution in [3.05, 3.63) is 23.3 Å². The Morgan fingerprint density at radius 3 is 2.50 bits per heavy atom. The highest BCUT2D eigenvalue weighted by Gasteiger charge is 2.49. The summed E-state index contributed by atoms with van der Waals surface area (Å²) in [6.07, 6.45) is 3.68. The quantitative estimate of drug-likeness (QED) is 0.748. The first-order valence-electron chi connectivity index (χ1n) is 9.40. The van der Waals surface area contributed by atoms with Crippen LogP contribution in [-0.2, 0) is 19.7 Å². The van der Waals surface area contributed by atoms with Crippen LogP contribution in [-0.4, -0.2) is 32.6 Å². The lowest BCUT2D eigenvalue weighted by molar-refractivity contribution is -0.148. The van der Waals surface area contributed by atoms with Crippen LogP contribution in [0, 0.1) is 5.92 Å². The van der Waals surface area contributed by atoms with E-state index in [1.807, 2.05) is 19.9 Å². The van der Waals surface area contributed by atoms with Gasteiger partial charge in [-0.3, -0.25) is 9.59 Å². The molecular weight excluding hydrogens is 332 g/mol. The van der Waals surface area contributed by atoms with Gasteiger partial charge in [-0.15, -0.1) is 0 Å². The molecule has 2 aliphatic carbocycles. The van der Waals surface area contributed by atoms with Gasteiger partial charge in [0.25, 0.3) is 0 Å². The Kier molecular flexibility index (Phi) is 5.26. The first-order valence-corrected chi connectivity index (χ1v) is 9.40. The molecule has 142 valence electrons. The van der Waals surface area contributed by atoms with E-state index in [0.717, 1.165) is 36.3 Å². The molecule has 1 aromatic carbocycles. The van der Waals surface area contributed by atoms with Crippen LogP contribution in [0.25, 0.3) is 0 Å². The summed E-state index contributed by atoms with van der Waals surface area (Å²) in [7, 11) is 3.29. The Bertz CT molecular complexity index is 699. The van der Waals surface area contributed by atoms with E-state index in [9.17, 15) is 9.59 Å². The number of fused-ring (bicyclic) bond motifs is 2. The van der Waals surface area contributed by atoms with Gasteiger partial charge in [-0.05, 0) is 43.2 Å². The fourth-order valence-corrected chi connectivity index (χ4v) is 4.69. The number of Topliss-reactive ketones (excluding diaryl/α,β-unsaturated/α-hetero) is 1. The van der Waals surface area contributed by atoms with E-state index in [1.54, 1.807) is 14.2 Å². The molecule has 0 aliphatic heterocycles. The van der Waals surface area contributed by atoms with Gasteiger partial charge in [-0.2, -0.15) is 0 Å². The van der Waals surface area contributed by atoms with Crippen molar-refractivity contribution in [1.82, 2.24) is 0 Å². The fraction of sp³-hybridized carbons (Fsp3) is 0.619. The molecule has 0 radical (unpaired) electrons. The number of esters is 1. The van der Waals surface area contributed by atoms with E-state index in [4.69, 9.17) is 14.2 Å². The fourth-order valence-electron chi connectivity index (χ4n) is 4.69. The SMILES string of the molecule is CCOC(=O)C(C)C1CC2(CCC(=O)CC2)c2cc(OC)cc(OC)c21. The molecule has 5 heteroatoms. The number of hydrogen-bond donors (Lipinski definition) is 0. The molecule has 1 fully saturated rings. The van der Waals surface area contributed by atoms with Crippen LogP contribution in [0.4, 0.5) is 0 Å². The van der Waals surface area contributed by atoms with Gasteiger partial charge >= 0.3 is 5.97 Å². The zero-order chi connectivity index (χ0) is 18.9. The molecule has 0 amide bonds. The van der Waals surface area contributed by atoms with Gasteiger partial charge in [0.15, 0.2) is 0 Å². The highest BCUT2D eigenvalue weighted by molar-refractivity contribution is 5.80. The van der Waals surface area contributed by atoms with Crippen LogP contribution in [0.1, 0.15) is 63.0 Å². The minimum Gasteiger partial charge on any atom is -0.497 e. The molecule has 0 saturated heterocycles. The number of carbonyl (C=O) groups excluding carboxylic acids is 2. The summed E-state index contributed by atoms with van der Waals surface area (Å²) in [4.78, 5) is 24.3. The zero-order valence-corrected chi connectivity index (χ0v) is 16.1. The summed E-state index contributed by atoms with van der Waals surface area (Å²) in [5.41, 5.74) is 2.18. The molecule has 1 spiro atoms. The van der Waals surface area contributed by atoms with Gasteiger partial charge in [-0.25, -0.2) is 0 Å². The number of carbonyl (C=O) groups is 2. The Morgan fingerprint density at radius 2 is 1.92 bits per heavy atom. The van der Waals surface area contributed by atoms with Crippen molar-refractivity contribution >= 4 is 11.8 Å². The van der Waals surface area contributed by atoms with E-state index in [2.05, 4.69) is 6.07 Å². The lowest BCUT2D eigenvalue weighted by Crippen LogP contribution is -2.30. The van der Waals surface area contributed by atoms with Crippen LogP contribution in [0.3, 0.4) is 0 Å². The van der Waals surface area contributed by atoms with E-state index in [1.165, 1.54) is 5.56 Å². The number of methoxy groups -OCH3 is 2. The van der Waals surface area contributed by atoms with Gasteiger partial charge in [0.2, 0.25) is 0 Å². The van der Waals surface area contributed by atoms with E-state index in [0.29, 0.717) is 25.2 Å². The lowest BCUT2D eigenvalue weighted by atomic mass is 9.69. The molecule has 0 heterocycles. The molecule has 0 aromatic heterocycles. The van der Waals surface area contributed by atoms with Crippen LogP contribution in [0.15, 0.2) is 12.1 Å². The molecule has 1 aromatic rings. The molecule has 2 aliphatic rings. The molecule has 3 rings (SSSR count). The number of rotatable bonds is 5. The number of benzene rings is 1. The largest absolute Gasteiger partial charge is 0.497 e. The number of hydrogen-bond acceptors (Lipinski definition) is 5. The van der Waals surface area contributed by atoms with Crippen LogP contribution < -0.4 is 9.47 Å². The maximum Gasteiger partial charge on any atom is 0.309 e. The summed E-state index contributed by atoms with van der Waals surface area (Å²) in [6, 6.07) is 3.96. The Labute approximate surface area is 155 Å². The van der Waals surface area contributed by atoms with Gasteiger partial charge in [0.05, 0.1) is 26.7 Å². The minimum absolute atomic E-state index is 0.0260. The van der Waals surface area contributed by atoms with Crippen LogP contribution in [0.5, 0.6) is 11.5 Å². The van der Waals surface area contributed by atoms with E-state index in [-0.39, 0.29) is 23.2 Å². The van der Waals surface area contributed by atoms with Gasteiger partial charge < -0.3 is 14.2 Å². The highest BCUT2D eigenvalue weighted by atomic mass is 16.5. The molecule has 5 nitrogen and oxygen atoms in total. The predicted octanol–water partition coefficient (Wildman–Crippen LogP) is 3.77. The average molecular weight is 360 g/mol. The predicted molar refractivity (Wildman–Crippen MR) is 97.9 cm³/mol. The normalized spacial score (nSPS) is 22.0. The number of ketones is 1. The van der Waals surface area contributed by atoms with Crippen molar-refractivity contribution in [1.29, 1.82) is 0 Å². The zero-order valence-electron chi connectivity index (χ0n) is 16.1. The monoisotopic (exact) mass is 360 g/mol. The lowest BCUT2D eigenvalue weighted by Gasteiger charge is -2.34. The third kappa shape index (κ3) is 3.08. The minimum atomic E-state index is -0.256. The van der Waals surface area contributed by atoms with Crippen molar-refractivity contribution in [2.45, 2.75) is 57.3 Å². The molecule has 26 heavy (non-hydrogen) atoms. The topological polar surface area (TPSA) is 61.8 Å². The Morgan fingerprint density at radius 1 is 1.23 bits per heavy atom. The number of ether oxygens (including phenoxy) is 3. The summed E-state index contributed by atoms with van der Waals surface area (Å²) >= 11 is 0. The second-order valence-electron chi connectivity index (χ2n) is 7.46. The van der Waals surface area contributed by atoms with Crippen molar-refractivity contribution in [2.75, 3.05) is 20.8 Å². The van der Waals surface area contributed by atoms with Crippen molar-refractivity contribution in [3.63, 3.8) is 0 Å². The van der Waals surface area contributed by atoms with Gasteiger partial charge in [0.1, 0.15) is 17.3 Å². The first-order chi connectivity index (χ1) is 12.5. The van der Waals surface area contributed by atoms with Gasteiger partial charge in [-0.1, -0.05) is 6.92 Å². The van der Waals surface area contributed by atoms with Crippen LogP contribution >= 0.6 is 0 Å². The van der Waals surface area contributed by atoms with Crippen molar-refractivity contribution in [2.24, 2.45) is 5.92 Å². The third-order valence-corrected chi connectivity index (χ3v) is 6.15. The Balaban J connectivity index is 2.09. The summed E-state index contributed by atoms with van der Waals surface area (Å²) < 4.78 is 16.4. The molecular formula is C21H28O5. The molecule has 1 saturated carbocycles. The standard InChI is InChI=1S/C21H28O5/c1-5-26-20(23)13(2)16-12-21(8-6-14(22)7-9-21)17-10-15(24-3)11-18(25-4)19(16)17/h10-11,13,16H,5-9,12H2,1-4H3. The van der Waals surface area contributed by atoms with E-state index >= 15 is 0 Å². The second kappa shape index (κ2) is 7.29. The molecule has 2 unspecified atom stereocenters. The first kappa shape index (κ1) is 18.7. The van der Waals surface area contributed by atoms with Crippen molar-refractivity contribution in [3.8, 4) is 11.5 Å². The van der Waals surface area contributed by atoms with Gasteiger partial charge in [0, 0.05) is 30.4 Å². The molecule has 0 bridgehead atoms. The molecule has 0 N–H and O–H groups in total. The summed E-state index contributed by atoms with van der Waals surface area (Å²) in [6.45, 7) is 4.14. The summed E-state index contributed by atoms with van der Waals surface area (Å²) in [5.74, 6) is 1.43. The van der Waals surface area contributed by atoms with Crippen LogP contribution in [0.2, 0.25) is 0 Å². The molecule has 2 atom stereocenters. The maximum absolute atomic E-state index is 12.4. The smallest absolute Gasteiger partial charge is 0.309 e. The highest BCUT2D eigenvalue weighted by Crippen LogP contribution is 2.58. The Hall–Kier alpha value is -2.04. The summed E-state index contributed by atoms with van der Waals surface area (Å²) in [5, 5.41) is 0. The second-order valence-corrected chi connectivity index (χ2v) is 7.46.